The average Bonchev–Trinajstić information content (AvgIpc) is 2.65. The summed E-state index contributed by atoms with van der Waals surface area (Å²) in [7, 11) is 1.35. The SMILES string of the molecule is CONC(=O)COc1ccc(/C=C/C(=O)NCc2cccnc2)cc1. The molecule has 0 radical (unpaired) electrons. The number of ether oxygens (including phenoxy) is 1. The standard InChI is InChI=1S/C18H19N3O4/c1-24-21-18(23)13-25-16-7-4-14(5-8-16)6-9-17(22)20-12-15-3-2-10-19-11-15/h2-11H,12-13H2,1H3,(H,20,22)(H,21,23)/b9-6+. The molecule has 0 bridgehead atoms. The van der Waals surface area contributed by atoms with Gasteiger partial charge in [-0.25, -0.2) is 5.48 Å². The predicted molar refractivity (Wildman–Crippen MR) is 92.2 cm³/mol. The number of hydroxylamine groups is 1. The maximum Gasteiger partial charge on any atom is 0.281 e. The van der Waals surface area contributed by atoms with Crippen molar-refractivity contribution < 1.29 is 19.2 Å². The third-order valence-electron chi connectivity index (χ3n) is 3.08. The first kappa shape index (κ1) is 18.2. The zero-order valence-corrected chi connectivity index (χ0v) is 13.8. The molecule has 7 heteroatoms. The molecule has 130 valence electrons. The molecule has 0 aliphatic heterocycles. The van der Waals surface area contributed by atoms with Crippen LogP contribution in [0.2, 0.25) is 0 Å². The number of hydrogen-bond donors (Lipinski definition) is 2. The van der Waals surface area contributed by atoms with Gasteiger partial charge in [0.25, 0.3) is 5.91 Å². The van der Waals surface area contributed by atoms with E-state index in [1.165, 1.54) is 13.2 Å². The summed E-state index contributed by atoms with van der Waals surface area (Å²) in [6, 6.07) is 10.7. The van der Waals surface area contributed by atoms with E-state index in [1.807, 2.05) is 12.1 Å². The molecule has 1 aromatic carbocycles. The summed E-state index contributed by atoms with van der Waals surface area (Å²) >= 11 is 0. The number of carbonyl (C=O) groups excluding carboxylic acids is 2. The van der Waals surface area contributed by atoms with Crippen LogP contribution in [0.5, 0.6) is 5.75 Å². The van der Waals surface area contributed by atoms with Crippen molar-refractivity contribution in [3.63, 3.8) is 0 Å². The molecule has 7 nitrogen and oxygen atoms in total. The van der Waals surface area contributed by atoms with Crippen molar-refractivity contribution in [1.82, 2.24) is 15.8 Å². The van der Waals surface area contributed by atoms with E-state index in [1.54, 1.807) is 42.7 Å². The van der Waals surface area contributed by atoms with E-state index in [2.05, 4.69) is 20.6 Å². The van der Waals surface area contributed by atoms with Gasteiger partial charge in [0.2, 0.25) is 5.91 Å². The van der Waals surface area contributed by atoms with Gasteiger partial charge in [-0.05, 0) is 35.4 Å². The van der Waals surface area contributed by atoms with E-state index in [0.29, 0.717) is 12.3 Å². The Morgan fingerprint density at radius 3 is 2.68 bits per heavy atom. The van der Waals surface area contributed by atoms with E-state index in [9.17, 15) is 9.59 Å². The summed E-state index contributed by atoms with van der Waals surface area (Å²) in [5.74, 6) is -0.0263. The van der Waals surface area contributed by atoms with Gasteiger partial charge in [0.15, 0.2) is 6.61 Å². The van der Waals surface area contributed by atoms with Gasteiger partial charge in [0.05, 0.1) is 7.11 Å². The minimum Gasteiger partial charge on any atom is -0.484 e. The van der Waals surface area contributed by atoms with Crippen molar-refractivity contribution in [2.24, 2.45) is 0 Å². The summed E-state index contributed by atoms with van der Waals surface area (Å²) in [6.07, 6.45) is 6.54. The quantitative estimate of drug-likeness (QED) is 0.561. The lowest BCUT2D eigenvalue weighted by Crippen LogP contribution is -2.27. The molecule has 2 amide bonds. The molecule has 2 aromatic rings. The second-order valence-electron chi connectivity index (χ2n) is 5.00. The molecular weight excluding hydrogens is 322 g/mol. The summed E-state index contributed by atoms with van der Waals surface area (Å²) in [5, 5.41) is 2.78. The summed E-state index contributed by atoms with van der Waals surface area (Å²) in [4.78, 5) is 31.5. The van der Waals surface area contributed by atoms with E-state index >= 15 is 0 Å². The Hall–Kier alpha value is -3.19. The van der Waals surface area contributed by atoms with Crippen LogP contribution in [0.25, 0.3) is 6.08 Å². The first-order valence-corrected chi connectivity index (χ1v) is 7.57. The fraction of sp³-hybridized carbons (Fsp3) is 0.167. The molecule has 0 aliphatic rings. The topological polar surface area (TPSA) is 89.5 Å². The van der Waals surface area contributed by atoms with Gasteiger partial charge in [0, 0.05) is 25.0 Å². The molecule has 0 aliphatic carbocycles. The lowest BCUT2D eigenvalue weighted by Gasteiger charge is -2.06. The van der Waals surface area contributed by atoms with E-state index in [0.717, 1.165) is 11.1 Å². The van der Waals surface area contributed by atoms with E-state index < -0.39 is 0 Å². The lowest BCUT2D eigenvalue weighted by molar-refractivity contribution is -0.133. The predicted octanol–water partition coefficient (Wildman–Crippen LogP) is 1.47. The molecule has 0 fully saturated rings. The number of aromatic nitrogens is 1. The smallest absolute Gasteiger partial charge is 0.281 e. The molecule has 2 N–H and O–H groups in total. The molecule has 1 aromatic heterocycles. The van der Waals surface area contributed by atoms with Crippen LogP contribution in [0.4, 0.5) is 0 Å². The molecule has 25 heavy (non-hydrogen) atoms. The molecule has 0 unspecified atom stereocenters. The zero-order valence-electron chi connectivity index (χ0n) is 13.8. The Kier molecular flexibility index (Phi) is 7.14. The highest BCUT2D eigenvalue weighted by Crippen LogP contribution is 2.13. The zero-order chi connectivity index (χ0) is 17.9. The Morgan fingerprint density at radius 1 is 1.20 bits per heavy atom. The molecule has 0 saturated carbocycles. The van der Waals surface area contributed by atoms with Crippen LogP contribution in [-0.2, 0) is 21.0 Å². The van der Waals surface area contributed by atoms with Crippen molar-refractivity contribution in [3.05, 3.63) is 66.0 Å². The monoisotopic (exact) mass is 341 g/mol. The van der Waals surface area contributed by atoms with Gasteiger partial charge in [-0.2, -0.15) is 0 Å². The number of benzene rings is 1. The van der Waals surface area contributed by atoms with Crippen molar-refractivity contribution in [1.29, 1.82) is 0 Å². The van der Waals surface area contributed by atoms with Crippen molar-refractivity contribution in [3.8, 4) is 5.75 Å². The Balaban J connectivity index is 1.78. The number of hydrogen-bond acceptors (Lipinski definition) is 5. The second kappa shape index (κ2) is 9.84. The lowest BCUT2D eigenvalue weighted by atomic mass is 10.2. The highest BCUT2D eigenvalue weighted by Gasteiger charge is 2.01. The number of amides is 2. The number of nitrogens with one attached hydrogen (secondary N) is 2. The number of nitrogens with zero attached hydrogens (tertiary/aromatic N) is 1. The Morgan fingerprint density at radius 2 is 2.00 bits per heavy atom. The van der Waals surface area contributed by atoms with E-state index in [-0.39, 0.29) is 18.4 Å². The summed E-state index contributed by atoms with van der Waals surface area (Å²) in [6.45, 7) is 0.285. The molecule has 0 spiro atoms. The highest BCUT2D eigenvalue weighted by molar-refractivity contribution is 5.91. The van der Waals surface area contributed by atoms with Gasteiger partial charge in [-0.15, -0.1) is 0 Å². The number of rotatable bonds is 8. The van der Waals surface area contributed by atoms with Crippen LogP contribution in [0.15, 0.2) is 54.9 Å². The molecule has 0 atom stereocenters. The van der Waals surface area contributed by atoms with Gasteiger partial charge in [0.1, 0.15) is 5.75 Å². The summed E-state index contributed by atoms with van der Waals surface area (Å²) in [5.41, 5.74) is 3.93. The van der Waals surface area contributed by atoms with Crippen LogP contribution in [-0.4, -0.2) is 30.5 Å². The minimum atomic E-state index is -0.378. The van der Waals surface area contributed by atoms with Crippen LogP contribution in [0, 0.1) is 0 Å². The van der Waals surface area contributed by atoms with Crippen LogP contribution < -0.4 is 15.5 Å². The largest absolute Gasteiger partial charge is 0.484 e. The molecule has 2 rings (SSSR count). The first-order valence-electron chi connectivity index (χ1n) is 7.57. The number of carbonyl (C=O) groups is 2. The summed E-state index contributed by atoms with van der Waals surface area (Å²) < 4.78 is 5.29. The third-order valence-corrected chi connectivity index (χ3v) is 3.08. The average molecular weight is 341 g/mol. The van der Waals surface area contributed by atoms with Gasteiger partial charge in [-0.1, -0.05) is 18.2 Å². The second-order valence-corrected chi connectivity index (χ2v) is 5.00. The normalized spacial score (nSPS) is 10.4. The Bertz CT molecular complexity index is 715. The van der Waals surface area contributed by atoms with Crippen LogP contribution >= 0.6 is 0 Å². The van der Waals surface area contributed by atoms with Crippen LogP contribution in [0.3, 0.4) is 0 Å². The van der Waals surface area contributed by atoms with Gasteiger partial charge >= 0.3 is 0 Å². The minimum absolute atomic E-state index is 0.139. The van der Waals surface area contributed by atoms with Gasteiger partial charge in [-0.3, -0.25) is 19.4 Å². The van der Waals surface area contributed by atoms with Crippen molar-refractivity contribution >= 4 is 17.9 Å². The van der Waals surface area contributed by atoms with E-state index in [4.69, 9.17) is 4.74 Å². The third kappa shape index (κ3) is 6.84. The Labute approximate surface area is 145 Å². The fourth-order valence-electron chi connectivity index (χ4n) is 1.89. The fourth-order valence-corrected chi connectivity index (χ4v) is 1.89. The van der Waals surface area contributed by atoms with Crippen molar-refractivity contribution in [2.45, 2.75) is 6.54 Å². The highest BCUT2D eigenvalue weighted by atomic mass is 16.6. The van der Waals surface area contributed by atoms with Crippen LogP contribution in [0.1, 0.15) is 11.1 Å². The van der Waals surface area contributed by atoms with Gasteiger partial charge < -0.3 is 10.1 Å². The van der Waals surface area contributed by atoms with Crippen molar-refractivity contribution in [2.75, 3.05) is 13.7 Å². The molecule has 0 saturated heterocycles. The maximum absolute atomic E-state index is 11.8. The first-order chi connectivity index (χ1) is 12.2. The molecular formula is C18H19N3O4. The number of pyridine rings is 1. The molecule has 1 heterocycles. The maximum atomic E-state index is 11.8.